The first-order valence-corrected chi connectivity index (χ1v) is 8.06. The highest BCUT2D eigenvalue weighted by molar-refractivity contribution is 8.05. The number of hydrogen-bond donors (Lipinski definition) is 2. The van der Waals surface area contributed by atoms with E-state index in [1.54, 1.807) is 12.1 Å². The summed E-state index contributed by atoms with van der Waals surface area (Å²) in [6, 6.07) is 6.45. The lowest BCUT2D eigenvalue weighted by Crippen LogP contribution is -2.48. The summed E-state index contributed by atoms with van der Waals surface area (Å²) in [5.74, 6) is -0.965. The molecule has 0 radical (unpaired) electrons. The van der Waals surface area contributed by atoms with E-state index in [2.05, 4.69) is 0 Å². The molecule has 0 bridgehead atoms. The molecule has 3 nitrogen and oxygen atoms in total. The number of carbonyl (C=O) groups is 1. The number of thiol groups is 1. The van der Waals surface area contributed by atoms with Gasteiger partial charge in [0.15, 0.2) is 0 Å². The Morgan fingerprint density at radius 3 is 1.58 bits per heavy atom. The van der Waals surface area contributed by atoms with Crippen LogP contribution in [0.15, 0.2) is 29.2 Å². The summed E-state index contributed by atoms with van der Waals surface area (Å²) in [5.41, 5.74) is 0.220. The molecule has 1 N–H and O–H groups in total. The maximum Gasteiger partial charge on any atom is 0.335 e. The molecule has 0 saturated heterocycles. The Kier molecular flexibility index (Phi) is 3.97. The summed E-state index contributed by atoms with van der Waals surface area (Å²) in [6.45, 7) is 11.9. The fourth-order valence-corrected chi connectivity index (χ4v) is 6.73. The van der Waals surface area contributed by atoms with Crippen LogP contribution in [0.2, 0.25) is 0 Å². The zero-order valence-corrected chi connectivity index (χ0v) is 13.4. The molecule has 0 atom stereocenters. The van der Waals surface area contributed by atoms with E-state index >= 15 is 0 Å². The van der Waals surface area contributed by atoms with Crippen molar-refractivity contribution in [2.45, 2.75) is 55.9 Å². The third kappa shape index (κ3) is 2.73. The molecule has 0 aromatic heterocycles. The van der Waals surface area contributed by atoms with Crippen LogP contribution in [-0.2, 0) is 9.93 Å². The van der Waals surface area contributed by atoms with Gasteiger partial charge in [-0.25, -0.2) is 4.79 Å². The summed E-state index contributed by atoms with van der Waals surface area (Å²) in [6.07, 6.45) is 0. The van der Waals surface area contributed by atoms with Crippen LogP contribution in [0.3, 0.4) is 0 Å². The normalized spacial score (nSPS) is 14.2. The van der Waals surface area contributed by atoms with E-state index in [0.717, 1.165) is 4.90 Å². The standard InChI is InChI=1S/C15H24O3S/c1-14(2,3)19(18,15(4,5)6)12-9-7-11(8-10-12)13(16)17/h7-10,19H,1-6H3,(H,16,17). The molecule has 1 aromatic rings. The predicted molar refractivity (Wildman–Crippen MR) is 80.7 cm³/mol. The fourth-order valence-electron chi connectivity index (χ4n) is 2.59. The topological polar surface area (TPSA) is 54.4 Å². The Morgan fingerprint density at radius 2 is 1.32 bits per heavy atom. The fraction of sp³-hybridized carbons (Fsp3) is 0.533. The van der Waals surface area contributed by atoms with Crippen LogP contribution in [0.5, 0.6) is 0 Å². The number of carboxylic acid groups (broad SMARTS) is 1. The van der Waals surface area contributed by atoms with Gasteiger partial charge in [-0.3, -0.25) is 4.21 Å². The van der Waals surface area contributed by atoms with Crippen LogP contribution in [-0.4, -0.2) is 24.8 Å². The van der Waals surface area contributed by atoms with Gasteiger partial charge in [0.05, 0.1) is 5.56 Å². The Labute approximate surface area is 116 Å². The zero-order valence-electron chi connectivity index (χ0n) is 12.5. The highest BCUT2D eigenvalue weighted by Crippen LogP contribution is 2.42. The first-order chi connectivity index (χ1) is 8.41. The van der Waals surface area contributed by atoms with E-state index in [1.807, 2.05) is 41.5 Å². The Bertz CT molecular complexity index is 498. The van der Waals surface area contributed by atoms with Gasteiger partial charge in [-0.15, -0.1) is 0 Å². The molecular weight excluding hydrogens is 260 g/mol. The van der Waals surface area contributed by atoms with E-state index in [9.17, 15) is 9.00 Å². The van der Waals surface area contributed by atoms with Crippen molar-refractivity contribution in [3.8, 4) is 0 Å². The molecule has 0 amide bonds. The van der Waals surface area contributed by atoms with Crippen LogP contribution in [0.25, 0.3) is 0 Å². The predicted octanol–water partition coefficient (Wildman–Crippen LogP) is 3.36. The van der Waals surface area contributed by atoms with Gasteiger partial charge < -0.3 is 5.11 Å². The van der Waals surface area contributed by atoms with Gasteiger partial charge in [0, 0.05) is 14.4 Å². The number of hydrogen-bond acceptors (Lipinski definition) is 2. The van der Waals surface area contributed by atoms with Gasteiger partial charge >= 0.3 is 5.97 Å². The van der Waals surface area contributed by atoms with Crippen molar-refractivity contribution in [3.05, 3.63) is 29.8 Å². The molecule has 0 saturated carbocycles. The van der Waals surface area contributed by atoms with E-state index in [-0.39, 0.29) is 15.1 Å². The van der Waals surface area contributed by atoms with Crippen LogP contribution in [0, 0.1) is 0 Å². The SMILES string of the molecule is CC(C)(C)[SH](=O)(c1ccc(C(=O)O)cc1)C(C)(C)C. The molecule has 0 aliphatic rings. The monoisotopic (exact) mass is 284 g/mol. The second-order valence-electron chi connectivity index (χ2n) is 6.80. The third-order valence-electron chi connectivity index (χ3n) is 3.37. The third-order valence-corrected chi connectivity index (χ3v) is 8.17. The van der Waals surface area contributed by atoms with Gasteiger partial charge in [-0.05, 0) is 24.3 Å². The minimum Gasteiger partial charge on any atom is -0.478 e. The van der Waals surface area contributed by atoms with E-state index in [1.165, 1.54) is 12.1 Å². The van der Waals surface area contributed by atoms with Crippen molar-refractivity contribution >= 4 is 15.9 Å². The summed E-state index contributed by atoms with van der Waals surface area (Å²) < 4.78 is 12.9. The minimum absolute atomic E-state index is 0.220. The van der Waals surface area contributed by atoms with Gasteiger partial charge in [0.25, 0.3) is 0 Å². The number of aromatic carboxylic acids is 1. The lowest BCUT2D eigenvalue weighted by atomic mass is 10.2. The number of carboxylic acids is 1. The smallest absolute Gasteiger partial charge is 0.335 e. The molecule has 0 aliphatic heterocycles. The van der Waals surface area contributed by atoms with E-state index in [4.69, 9.17) is 5.11 Å². The maximum atomic E-state index is 13.6. The Morgan fingerprint density at radius 1 is 0.947 bits per heavy atom. The summed E-state index contributed by atoms with van der Waals surface area (Å²) in [7, 11) is -2.68. The molecule has 0 heterocycles. The van der Waals surface area contributed by atoms with Crippen LogP contribution < -0.4 is 0 Å². The second kappa shape index (κ2) is 4.75. The lowest BCUT2D eigenvalue weighted by Gasteiger charge is -2.46. The summed E-state index contributed by atoms with van der Waals surface area (Å²) >= 11 is 0. The van der Waals surface area contributed by atoms with Crippen molar-refractivity contribution in [1.82, 2.24) is 0 Å². The average Bonchev–Trinajstić information content (AvgIpc) is 2.25. The Hall–Kier alpha value is -1.16. The van der Waals surface area contributed by atoms with Crippen molar-refractivity contribution in [2.75, 3.05) is 0 Å². The highest BCUT2D eigenvalue weighted by atomic mass is 32.2. The quantitative estimate of drug-likeness (QED) is 0.819. The molecule has 1 aromatic carbocycles. The summed E-state index contributed by atoms with van der Waals surface area (Å²) in [4.78, 5) is 11.6. The van der Waals surface area contributed by atoms with E-state index in [0.29, 0.717) is 0 Å². The first-order valence-electron chi connectivity index (χ1n) is 6.35. The zero-order chi connectivity index (χ0) is 15.1. The molecule has 0 spiro atoms. The molecule has 19 heavy (non-hydrogen) atoms. The molecule has 108 valence electrons. The largest absolute Gasteiger partial charge is 0.478 e. The highest BCUT2D eigenvalue weighted by Gasteiger charge is 2.41. The van der Waals surface area contributed by atoms with Crippen molar-refractivity contribution in [1.29, 1.82) is 0 Å². The number of rotatable bonds is 2. The molecular formula is C15H24O3S. The number of benzene rings is 1. The Balaban J connectivity index is 3.45. The summed E-state index contributed by atoms with van der Waals surface area (Å²) in [5, 5.41) is 8.93. The van der Waals surface area contributed by atoms with Gasteiger partial charge in [0.1, 0.15) is 0 Å². The van der Waals surface area contributed by atoms with E-state index < -0.39 is 15.9 Å². The van der Waals surface area contributed by atoms with Crippen LogP contribution in [0.4, 0.5) is 0 Å². The van der Waals surface area contributed by atoms with Crippen molar-refractivity contribution in [3.63, 3.8) is 0 Å². The first kappa shape index (κ1) is 15.9. The molecule has 0 unspecified atom stereocenters. The maximum absolute atomic E-state index is 13.6. The second-order valence-corrected chi connectivity index (χ2v) is 11.2. The van der Waals surface area contributed by atoms with Crippen LogP contribution >= 0.6 is 0 Å². The van der Waals surface area contributed by atoms with Gasteiger partial charge in [-0.2, -0.15) is 0 Å². The van der Waals surface area contributed by atoms with Gasteiger partial charge in [-0.1, -0.05) is 51.5 Å². The van der Waals surface area contributed by atoms with Crippen LogP contribution in [0.1, 0.15) is 51.9 Å². The van der Waals surface area contributed by atoms with Crippen molar-refractivity contribution in [2.24, 2.45) is 0 Å². The van der Waals surface area contributed by atoms with Gasteiger partial charge in [0.2, 0.25) is 0 Å². The molecule has 1 rings (SSSR count). The molecule has 0 aliphatic carbocycles. The lowest BCUT2D eigenvalue weighted by molar-refractivity contribution is 0.0697. The molecule has 0 fully saturated rings. The van der Waals surface area contributed by atoms with Crippen molar-refractivity contribution < 1.29 is 14.1 Å². The minimum atomic E-state index is -2.68. The molecule has 4 heteroatoms. The average molecular weight is 284 g/mol.